The van der Waals surface area contributed by atoms with Gasteiger partial charge in [-0.25, -0.2) is 0 Å². The molecule has 1 atom stereocenters. The number of halogens is 3. The second-order valence-corrected chi connectivity index (χ2v) is 5.76. The van der Waals surface area contributed by atoms with Gasteiger partial charge < -0.3 is 5.11 Å². The van der Waals surface area contributed by atoms with E-state index in [2.05, 4.69) is 0 Å². The molecule has 100 valence electrons. The summed E-state index contributed by atoms with van der Waals surface area (Å²) in [5.74, 6) is 0. The summed E-state index contributed by atoms with van der Waals surface area (Å²) >= 11 is 18.0. The van der Waals surface area contributed by atoms with Crippen LogP contribution in [0.2, 0.25) is 15.1 Å². The van der Waals surface area contributed by atoms with E-state index in [0.29, 0.717) is 26.2 Å². The van der Waals surface area contributed by atoms with E-state index in [-0.39, 0.29) is 0 Å². The summed E-state index contributed by atoms with van der Waals surface area (Å²) in [6.07, 6.45) is -0.818. The lowest BCUT2D eigenvalue weighted by Gasteiger charge is -2.15. The van der Waals surface area contributed by atoms with Crippen molar-refractivity contribution in [3.8, 4) is 0 Å². The molecule has 0 spiro atoms. The van der Waals surface area contributed by atoms with Gasteiger partial charge in [-0.2, -0.15) is 0 Å². The van der Waals surface area contributed by atoms with E-state index < -0.39 is 6.10 Å². The summed E-state index contributed by atoms with van der Waals surface area (Å²) in [6, 6.07) is 8.81. The van der Waals surface area contributed by atoms with Crippen molar-refractivity contribution >= 4 is 34.8 Å². The fourth-order valence-corrected chi connectivity index (χ4v) is 2.50. The molecular formula is C15H13Cl3O. The van der Waals surface area contributed by atoms with E-state index >= 15 is 0 Å². The molecule has 0 bridgehead atoms. The fraction of sp³-hybridized carbons (Fsp3) is 0.200. The van der Waals surface area contributed by atoms with Crippen LogP contribution in [-0.2, 0) is 0 Å². The number of hydrogen-bond donors (Lipinski definition) is 1. The smallest absolute Gasteiger partial charge is 0.106 e. The van der Waals surface area contributed by atoms with E-state index in [0.717, 1.165) is 11.1 Å². The Kier molecular flexibility index (Phi) is 4.42. The molecule has 0 saturated heterocycles. The van der Waals surface area contributed by atoms with Crippen molar-refractivity contribution in [1.82, 2.24) is 0 Å². The maximum atomic E-state index is 10.4. The first-order valence-electron chi connectivity index (χ1n) is 5.80. The summed E-state index contributed by atoms with van der Waals surface area (Å²) < 4.78 is 0. The van der Waals surface area contributed by atoms with Gasteiger partial charge in [0.1, 0.15) is 6.10 Å². The van der Waals surface area contributed by atoms with Crippen LogP contribution in [0.25, 0.3) is 0 Å². The highest BCUT2D eigenvalue weighted by Crippen LogP contribution is 2.33. The highest BCUT2D eigenvalue weighted by molar-refractivity contribution is 6.42. The van der Waals surface area contributed by atoms with Crippen LogP contribution in [0, 0.1) is 13.8 Å². The number of aliphatic hydroxyl groups excluding tert-OH is 1. The molecular weight excluding hydrogens is 303 g/mol. The van der Waals surface area contributed by atoms with Crippen molar-refractivity contribution in [2.45, 2.75) is 20.0 Å². The first-order valence-corrected chi connectivity index (χ1v) is 6.93. The molecule has 0 fully saturated rings. The molecule has 0 aliphatic heterocycles. The Morgan fingerprint density at radius 1 is 0.842 bits per heavy atom. The van der Waals surface area contributed by atoms with Gasteiger partial charge in [-0.1, -0.05) is 46.9 Å². The lowest BCUT2D eigenvalue weighted by molar-refractivity contribution is 0.220. The maximum absolute atomic E-state index is 10.4. The minimum absolute atomic E-state index is 0.415. The van der Waals surface area contributed by atoms with Crippen LogP contribution in [0.15, 0.2) is 30.3 Å². The van der Waals surface area contributed by atoms with Gasteiger partial charge in [0, 0.05) is 10.6 Å². The van der Waals surface area contributed by atoms with Gasteiger partial charge in [-0.15, -0.1) is 0 Å². The van der Waals surface area contributed by atoms with Crippen molar-refractivity contribution in [2.24, 2.45) is 0 Å². The van der Waals surface area contributed by atoms with Crippen molar-refractivity contribution in [3.63, 3.8) is 0 Å². The van der Waals surface area contributed by atoms with E-state index in [4.69, 9.17) is 34.8 Å². The standard InChI is InChI=1S/C15H13Cl3O/c1-8-5-11(13(17)6-9(8)2)15(19)10-3-4-12(16)14(18)7-10/h3-7,15,19H,1-2H3. The molecule has 0 radical (unpaired) electrons. The predicted molar refractivity (Wildman–Crippen MR) is 81.4 cm³/mol. The Bertz CT molecular complexity index is 623. The van der Waals surface area contributed by atoms with Crippen LogP contribution in [-0.4, -0.2) is 5.11 Å². The molecule has 0 aliphatic rings. The largest absolute Gasteiger partial charge is 0.384 e. The Morgan fingerprint density at radius 2 is 1.47 bits per heavy atom. The molecule has 0 saturated carbocycles. The highest BCUT2D eigenvalue weighted by atomic mass is 35.5. The van der Waals surface area contributed by atoms with Gasteiger partial charge in [0.15, 0.2) is 0 Å². The summed E-state index contributed by atoms with van der Waals surface area (Å²) in [5.41, 5.74) is 3.51. The third-order valence-corrected chi connectivity index (χ3v) is 4.23. The van der Waals surface area contributed by atoms with Crippen LogP contribution in [0.5, 0.6) is 0 Å². The van der Waals surface area contributed by atoms with Crippen molar-refractivity contribution in [1.29, 1.82) is 0 Å². The molecule has 0 heterocycles. The zero-order valence-electron chi connectivity index (χ0n) is 10.5. The molecule has 2 aromatic carbocycles. The second-order valence-electron chi connectivity index (χ2n) is 4.53. The Balaban J connectivity index is 2.46. The monoisotopic (exact) mass is 314 g/mol. The highest BCUT2D eigenvalue weighted by Gasteiger charge is 2.16. The number of benzene rings is 2. The zero-order chi connectivity index (χ0) is 14.2. The minimum atomic E-state index is -0.818. The Hall–Kier alpha value is -0.730. The summed E-state index contributed by atoms with van der Waals surface area (Å²) in [5, 5.41) is 11.8. The summed E-state index contributed by atoms with van der Waals surface area (Å²) in [6.45, 7) is 3.97. The molecule has 2 aromatic rings. The van der Waals surface area contributed by atoms with Crippen molar-refractivity contribution < 1.29 is 5.11 Å². The first-order chi connectivity index (χ1) is 8.90. The van der Waals surface area contributed by atoms with Gasteiger partial charge in [0.05, 0.1) is 10.0 Å². The maximum Gasteiger partial charge on any atom is 0.106 e. The topological polar surface area (TPSA) is 20.2 Å². The van der Waals surface area contributed by atoms with Crippen LogP contribution in [0.1, 0.15) is 28.4 Å². The first kappa shape index (κ1) is 14.7. The average Bonchev–Trinajstić information content (AvgIpc) is 2.36. The molecule has 1 N–H and O–H groups in total. The Labute approximate surface area is 127 Å². The van der Waals surface area contributed by atoms with E-state index in [1.165, 1.54) is 0 Å². The van der Waals surface area contributed by atoms with Gasteiger partial charge in [0.25, 0.3) is 0 Å². The van der Waals surface area contributed by atoms with Gasteiger partial charge in [-0.05, 0) is 48.7 Å². The fourth-order valence-electron chi connectivity index (χ4n) is 1.87. The van der Waals surface area contributed by atoms with Crippen LogP contribution in [0.3, 0.4) is 0 Å². The SMILES string of the molecule is Cc1cc(Cl)c(C(O)c2ccc(Cl)c(Cl)c2)cc1C. The predicted octanol–water partition coefficient (Wildman–Crippen LogP) is 5.35. The minimum Gasteiger partial charge on any atom is -0.384 e. The normalized spacial score (nSPS) is 12.5. The van der Waals surface area contributed by atoms with E-state index in [9.17, 15) is 5.11 Å². The van der Waals surface area contributed by atoms with E-state index in [1.54, 1.807) is 18.2 Å². The van der Waals surface area contributed by atoms with Gasteiger partial charge in [0.2, 0.25) is 0 Å². The van der Waals surface area contributed by atoms with Gasteiger partial charge >= 0.3 is 0 Å². The van der Waals surface area contributed by atoms with Gasteiger partial charge in [-0.3, -0.25) is 0 Å². The third kappa shape index (κ3) is 3.06. The van der Waals surface area contributed by atoms with Crippen LogP contribution in [0.4, 0.5) is 0 Å². The number of hydrogen-bond acceptors (Lipinski definition) is 1. The molecule has 0 aromatic heterocycles. The molecule has 0 amide bonds. The molecule has 2 rings (SSSR count). The molecule has 0 aliphatic carbocycles. The van der Waals surface area contributed by atoms with Crippen LogP contribution >= 0.6 is 34.8 Å². The third-order valence-electron chi connectivity index (χ3n) is 3.17. The second kappa shape index (κ2) is 5.72. The quantitative estimate of drug-likeness (QED) is 0.792. The molecule has 1 unspecified atom stereocenters. The number of aliphatic hydroxyl groups is 1. The number of aryl methyl sites for hydroxylation is 2. The lowest BCUT2D eigenvalue weighted by atomic mass is 9.98. The molecule has 4 heteroatoms. The summed E-state index contributed by atoms with van der Waals surface area (Å²) in [7, 11) is 0. The zero-order valence-corrected chi connectivity index (χ0v) is 12.8. The van der Waals surface area contributed by atoms with E-state index in [1.807, 2.05) is 26.0 Å². The summed E-state index contributed by atoms with van der Waals surface area (Å²) in [4.78, 5) is 0. The van der Waals surface area contributed by atoms with Crippen molar-refractivity contribution in [3.05, 3.63) is 67.7 Å². The Morgan fingerprint density at radius 3 is 2.11 bits per heavy atom. The average molecular weight is 316 g/mol. The molecule has 19 heavy (non-hydrogen) atoms. The lowest BCUT2D eigenvalue weighted by Crippen LogP contribution is -2.02. The van der Waals surface area contributed by atoms with Crippen LogP contribution < -0.4 is 0 Å². The number of rotatable bonds is 2. The van der Waals surface area contributed by atoms with Crippen molar-refractivity contribution in [2.75, 3.05) is 0 Å². The molecule has 1 nitrogen and oxygen atoms in total.